The van der Waals surface area contributed by atoms with Crippen LogP contribution in [0.4, 0.5) is 9.93 Å². The molecule has 2 aromatic heterocycles. The first-order chi connectivity index (χ1) is 12.8. The number of hydrogen-bond donors (Lipinski definition) is 2. The normalized spacial score (nSPS) is 16.7. The molecule has 0 aliphatic carbocycles. The van der Waals surface area contributed by atoms with Gasteiger partial charge in [0.05, 0.1) is 6.20 Å². The maximum atomic E-state index is 12.1. The summed E-state index contributed by atoms with van der Waals surface area (Å²) in [5.41, 5.74) is 2.78. The van der Waals surface area contributed by atoms with E-state index in [1.165, 1.54) is 11.3 Å². The molecule has 0 atom stereocenters. The second-order valence-corrected chi connectivity index (χ2v) is 8.63. The lowest BCUT2D eigenvalue weighted by atomic mass is 9.94. The number of amides is 2. The summed E-state index contributed by atoms with van der Waals surface area (Å²) in [6.07, 6.45) is 7.14. The molecule has 2 amide bonds. The van der Waals surface area contributed by atoms with Gasteiger partial charge in [-0.3, -0.25) is 10.7 Å². The van der Waals surface area contributed by atoms with Crippen LogP contribution in [0.15, 0.2) is 16.8 Å². The van der Waals surface area contributed by atoms with Crippen LogP contribution >= 0.6 is 11.3 Å². The van der Waals surface area contributed by atoms with Gasteiger partial charge in [0.1, 0.15) is 5.76 Å². The Balaban J connectivity index is 1.52. The van der Waals surface area contributed by atoms with E-state index in [0.29, 0.717) is 11.0 Å². The topological polar surface area (TPSA) is 86.5 Å². The quantitative estimate of drug-likeness (QED) is 0.835. The maximum Gasteiger partial charge on any atom is 0.335 e. The summed E-state index contributed by atoms with van der Waals surface area (Å²) in [6, 6.07) is -0.271. The minimum atomic E-state index is -0.271. The van der Waals surface area contributed by atoms with E-state index in [0.717, 1.165) is 36.8 Å². The van der Waals surface area contributed by atoms with Crippen LogP contribution in [0.25, 0.3) is 12.2 Å². The molecular formula is C18H26N6O2S. The largest absolute Gasteiger partial charge is 0.441 e. The fraction of sp³-hybridized carbons (Fsp3) is 0.500. The Labute approximate surface area is 163 Å². The highest BCUT2D eigenvalue weighted by molar-refractivity contribution is 7.16. The summed E-state index contributed by atoms with van der Waals surface area (Å²) >= 11 is 1.39. The fourth-order valence-electron chi connectivity index (χ4n) is 2.47. The maximum absolute atomic E-state index is 12.1. The van der Waals surface area contributed by atoms with Crippen molar-refractivity contribution in [3.8, 4) is 0 Å². The van der Waals surface area contributed by atoms with Crippen LogP contribution in [0.2, 0.25) is 0 Å². The molecule has 27 heavy (non-hydrogen) atoms. The van der Waals surface area contributed by atoms with Gasteiger partial charge >= 0.3 is 6.03 Å². The second kappa shape index (κ2) is 8.20. The van der Waals surface area contributed by atoms with Gasteiger partial charge in [-0.1, -0.05) is 32.1 Å². The fourth-order valence-corrected chi connectivity index (χ4v) is 3.19. The van der Waals surface area contributed by atoms with Gasteiger partial charge < -0.3 is 9.32 Å². The summed E-state index contributed by atoms with van der Waals surface area (Å²) in [6.45, 7) is 9.72. The monoisotopic (exact) mass is 390 g/mol. The first-order valence-corrected chi connectivity index (χ1v) is 9.72. The van der Waals surface area contributed by atoms with Crippen molar-refractivity contribution < 1.29 is 9.21 Å². The molecule has 1 aliphatic heterocycles. The second-order valence-electron chi connectivity index (χ2n) is 7.57. The number of carbonyl (C=O) groups is 1. The van der Waals surface area contributed by atoms with Crippen molar-refractivity contribution in [2.75, 3.05) is 38.5 Å². The average Bonchev–Trinajstić information content (AvgIpc) is 3.24. The molecule has 146 valence electrons. The molecule has 2 aromatic rings. The minimum absolute atomic E-state index is 0.0716. The van der Waals surface area contributed by atoms with Gasteiger partial charge in [0, 0.05) is 48.7 Å². The molecule has 0 saturated carbocycles. The van der Waals surface area contributed by atoms with Crippen LogP contribution in [0.1, 0.15) is 37.3 Å². The molecule has 0 bridgehead atoms. The van der Waals surface area contributed by atoms with Gasteiger partial charge in [0.25, 0.3) is 0 Å². The summed E-state index contributed by atoms with van der Waals surface area (Å²) in [4.78, 5) is 23.7. The number of carbonyl (C=O) groups excluding carboxylic acids is 1. The summed E-state index contributed by atoms with van der Waals surface area (Å²) in [5.74, 6) is 1.39. The van der Waals surface area contributed by atoms with Crippen LogP contribution in [-0.2, 0) is 5.41 Å². The van der Waals surface area contributed by atoms with Crippen molar-refractivity contribution >= 4 is 34.7 Å². The Morgan fingerprint density at radius 3 is 2.59 bits per heavy atom. The van der Waals surface area contributed by atoms with Gasteiger partial charge in [-0.2, -0.15) is 0 Å². The predicted molar refractivity (Wildman–Crippen MR) is 107 cm³/mol. The number of hydrogen-bond acceptors (Lipinski definition) is 7. The number of thiazole rings is 1. The van der Waals surface area contributed by atoms with Crippen molar-refractivity contribution in [1.82, 2.24) is 25.3 Å². The number of likely N-dealkylation sites (N-methyl/N-ethyl adjacent to an activating group) is 1. The highest BCUT2D eigenvalue weighted by Gasteiger charge is 2.18. The number of nitrogens with zero attached hydrogens (tertiary/aromatic N) is 4. The number of aromatic nitrogens is 2. The highest BCUT2D eigenvalue weighted by Crippen LogP contribution is 2.24. The van der Waals surface area contributed by atoms with Gasteiger partial charge in [-0.25, -0.2) is 19.8 Å². The van der Waals surface area contributed by atoms with Crippen LogP contribution in [0, 0.1) is 0 Å². The molecule has 1 saturated heterocycles. The van der Waals surface area contributed by atoms with Crippen molar-refractivity contribution in [3.63, 3.8) is 0 Å². The number of hydrazine groups is 1. The third-order valence-corrected chi connectivity index (χ3v) is 5.04. The SMILES string of the molecule is CN1CCN(NC(=O)Nc2ncc(C=Cc3ncc(C(C)(C)C)o3)s2)CC1. The molecule has 0 unspecified atom stereocenters. The molecule has 3 heterocycles. The van der Waals surface area contributed by atoms with Crippen molar-refractivity contribution in [3.05, 3.63) is 28.9 Å². The smallest absolute Gasteiger partial charge is 0.335 e. The Morgan fingerprint density at radius 1 is 1.19 bits per heavy atom. The van der Waals surface area contributed by atoms with Crippen molar-refractivity contribution in [2.24, 2.45) is 0 Å². The summed E-state index contributed by atoms with van der Waals surface area (Å²) in [7, 11) is 2.07. The molecule has 2 N–H and O–H groups in total. The lowest BCUT2D eigenvalue weighted by Gasteiger charge is -2.32. The zero-order valence-corrected chi connectivity index (χ0v) is 17.0. The van der Waals surface area contributed by atoms with Crippen LogP contribution in [0.5, 0.6) is 0 Å². The molecule has 0 spiro atoms. The lowest BCUT2D eigenvalue weighted by molar-refractivity contribution is 0.116. The summed E-state index contributed by atoms with van der Waals surface area (Å²) < 4.78 is 5.73. The number of urea groups is 1. The predicted octanol–water partition coefficient (Wildman–Crippen LogP) is 2.88. The standard InChI is InChI=1S/C18H26N6O2S/c1-18(2,3)14-12-19-15(26-14)6-5-13-11-20-17(27-13)21-16(25)22-24-9-7-23(4)8-10-24/h5-6,11-12H,7-10H2,1-4H3,(H2,20,21,22,25). The van der Waals surface area contributed by atoms with E-state index >= 15 is 0 Å². The molecule has 1 fully saturated rings. The van der Waals surface area contributed by atoms with Crippen molar-refractivity contribution in [2.45, 2.75) is 26.2 Å². The molecule has 8 nitrogen and oxygen atoms in total. The molecule has 0 aromatic carbocycles. The number of anilines is 1. The van der Waals surface area contributed by atoms with Crippen LogP contribution in [-0.4, -0.2) is 59.1 Å². The van der Waals surface area contributed by atoms with Gasteiger partial charge in [-0.05, 0) is 13.1 Å². The zero-order chi connectivity index (χ0) is 19.4. The Bertz CT molecular complexity index is 799. The van der Waals surface area contributed by atoms with Crippen LogP contribution < -0.4 is 10.7 Å². The highest BCUT2D eigenvalue weighted by atomic mass is 32.1. The summed E-state index contributed by atoms with van der Waals surface area (Å²) in [5, 5.41) is 5.23. The van der Waals surface area contributed by atoms with E-state index in [2.05, 4.69) is 53.4 Å². The molecule has 3 rings (SSSR count). The van der Waals surface area contributed by atoms with Gasteiger partial charge in [-0.15, -0.1) is 0 Å². The first kappa shape index (κ1) is 19.5. The average molecular weight is 391 g/mol. The molecule has 0 radical (unpaired) electrons. The van der Waals surface area contributed by atoms with Gasteiger partial charge in [0.2, 0.25) is 5.89 Å². The van der Waals surface area contributed by atoms with E-state index in [-0.39, 0.29) is 11.4 Å². The number of nitrogens with one attached hydrogen (secondary N) is 2. The van der Waals surface area contributed by atoms with Crippen molar-refractivity contribution in [1.29, 1.82) is 0 Å². The third-order valence-electron chi connectivity index (χ3n) is 4.16. The van der Waals surface area contributed by atoms with Crippen LogP contribution in [0.3, 0.4) is 0 Å². The van der Waals surface area contributed by atoms with E-state index in [1.807, 2.05) is 11.1 Å². The lowest BCUT2D eigenvalue weighted by Crippen LogP contribution is -2.53. The van der Waals surface area contributed by atoms with Gasteiger partial charge in [0.15, 0.2) is 5.13 Å². The third kappa shape index (κ3) is 5.62. The molecule has 1 aliphatic rings. The number of oxazole rings is 1. The molecule has 9 heteroatoms. The van der Waals surface area contributed by atoms with E-state index in [4.69, 9.17) is 4.42 Å². The Kier molecular flexibility index (Phi) is 5.93. The van der Waals surface area contributed by atoms with E-state index < -0.39 is 0 Å². The number of rotatable bonds is 4. The first-order valence-electron chi connectivity index (χ1n) is 8.91. The van der Waals surface area contributed by atoms with E-state index in [9.17, 15) is 4.79 Å². The van der Waals surface area contributed by atoms with E-state index in [1.54, 1.807) is 18.5 Å². The number of piperazine rings is 1. The minimum Gasteiger partial charge on any atom is -0.441 e. The Morgan fingerprint density at radius 2 is 1.93 bits per heavy atom. The zero-order valence-electron chi connectivity index (χ0n) is 16.2. The molecular weight excluding hydrogens is 364 g/mol. The Hall–Kier alpha value is -2.23.